The molecule has 1 fully saturated rings. The molecular weight excluding hydrogens is 370 g/mol. The molecule has 3 atom stereocenters. The molecule has 4 rings (SSSR count). The van der Waals surface area contributed by atoms with Crippen molar-refractivity contribution in [1.82, 2.24) is 5.32 Å². The summed E-state index contributed by atoms with van der Waals surface area (Å²) < 4.78 is 15.8. The summed E-state index contributed by atoms with van der Waals surface area (Å²) in [6, 6.07) is 5.36. The number of carbonyl (C=O) groups excluding carboxylic acids is 1. The van der Waals surface area contributed by atoms with Gasteiger partial charge < -0.3 is 24.6 Å². The first-order valence-electron chi connectivity index (χ1n) is 10.3. The largest absolute Gasteiger partial charge is 0.496 e. The van der Waals surface area contributed by atoms with Gasteiger partial charge in [0.2, 0.25) is 0 Å². The lowest BCUT2D eigenvalue weighted by Crippen LogP contribution is -2.48. The zero-order chi connectivity index (χ0) is 21.0. The minimum atomic E-state index is -0.584. The third kappa shape index (κ3) is 4.82. The Bertz CT molecular complexity index is 758. The predicted molar refractivity (Wildman–Crippen MR) is 111 cm³/mol. The van der Waals surface area contributed by atoms with Crippen LogP contribution in [-0.2, 0) is 16.0 Å². The molecule has 6 heteroatoms. The number of rotatable bonds is 10. The number of ether oxygens (including phenoxy) is 3. The monoisotopic (exact) mass is 403 g/mol. The Hall–Kier alpha value is -1.89. The summed E-state index contributed by atoms with van der Waals surface area (Å²) in [6.07, 6.45) is 4.18. The minimum absolute atomic E-state index is 0.303. The molecule has 0 radical (unpaired) electrons. The molecule has 1 aromatic carbocycles. The molecule has 0 aromatic heterocycles. The molecule has 0 unspecified atom stereocenters. The van der Waals surface area contributed by atoms with E-state index in [0.717, 1.165) is 17.9 Å². The standard InChI is InChI=1S/C23H33NO5/c1-23(2)17-7-6-16(20(23)10-17)13-29-14-18(25)12-24-11-15-5-8-21(27-3)19(9-15)22(26)28-4/h5-6,8-9,17-18,20,24-25H,7,10-14H2,1-4H3/t17-,18-,20-/m0/s1. The fraction of sp³-hybridized carbons (Fsp3) is 0.609. The van der Waals surface area contributed by atoms with E-state index in [1.807, 2.05) is 6.07 Å². The number of aliphatic hydroxyl groups excluding tert-OH is 1. The average molecular weight is 404 g/mol. The second-order valence-corrected chi connectivity index (χ2v) is 8.65. The number of carbonyl (C=O) groups is 1. The van der Waals surface area contributed by atoms with E-state index in [4.69, 9.17) is 14.2 Å². The molecule has 1 aromatic rings. The second-order valence-electron chi connectivity index (χ2n) is 8.65. The number of esters is 1. The van der Waals surface area contributed by atoms with Crippen LogP contribution in [0, 0.1) is 17.3 Å². The summed E-state index contributed by atoms with van der Waals surface area (Å²) in [5, 5.41) is 13.4. The van der Waals surface area contributed by atoms with E-state index in [9.17, 15) is 9.90 Å². The molecular formula is C23H33NO5. The maximum Gasteiger partial charge on any atom is 0.341 e. The molecule has 29 heavy (non-hydrogen) atoms. The van der Waals surface area contributed by atoms with Crippen molar-refractivity contribution in [2.45, 2.75) is 39.3 Å². The van der Waals surface area contributed by atoms with Gasteiger partial charge in [0.25, 0.3) is 0 Å². The predicted octanol–water partition coefficient (Wildman–Crippen LogP) is 2.94. The van der Waals surface area contributed by atoms with Crippen LogP contribution >= 0.6 is 0 Å². The summed E-state index contributed by atoms with van der Waals surface area (Å²) in [7, 11) is 2.86. The topological polar surface area (TPSA) is 77.0 Å². The summed E-state index contributed by atoms with van der Waals surface area (Å²) in [5.41, 5.74) is 3.09. The first kappa shape index (κ1) is 21.8. The van der Waals surface area contributed by atoms with Gasteiger partial charge in [-0.05, 0) is 53.4 Å². The number of nitrogens with one attached hydrogen (secondary N) is 1. The van der Waals surface area contributed by atoms with Gasteiger partial charge in [-0.25, -0.2) is 4.79 Å². The third-order valence-electron chi connectivity index (χ3n) is 6.54. The van der Waals surface area contributed by atoms with Crippen LogP contribution in [0.3, 0.4) is 0 Å². The Morgan fingerprint density at radius 3 is 2.79 bits per heavy atom. The van der Waals surface area contributed by atoms with Crippen molar-refractivity contribution in [2.75, 3.05) is 34.0 Å². The van der Waals surface area contributed by atoms with Gasteiger partial charge in [-0.1, -0.05) is 26.0 Å². The lowest BCUT2D eigenvalue weighted by molar-refractivity contribution is -0.0235. The van der Waals surface area contributed by atoms with Crippen LogP contribution < -0.4 is 10.1 Å². The number of fused-ring (bicyclic) bond motifs is 1. The van der Waals surface area contributed by atoms with Gasteiger partial charge in [-0.2, -0.15) is 0 Å². The van der Waals surface area contributed by atoms with Gasteiger partial charge in [0, 0.05) is 13.1 Å². The lowest BCUT2D eigenvalue weighted by atomic mass is 9.49. The van der Waals surface area contributed by atoms with E-state index in [1.165, 1.54) is 26.2 Å². The van der Waals surface area contributed by atoms with Crippen LogP contribution in [0.1, 0.15) is 42.6 Å². The van der Waals surface area contributed by atoms with E-state index in [-0.39, 0.29) is 0 Å². The van der Waals surface area contributed by atoms with Crippen molar-refractivity contribution >= 4 is 5.97 Å². The van der Waals surface area contributed by atoms with Gasteiger partial charge in [-0.3, -0.25) is 0 Å². The Morgan fingerprint density at radius 2 is 2.14 bits per heavy atom. The number of aliphatic hydroxyl groups is 1. The van der Waals surface area contributed by atoms with Gasteiger partial charge in [-0.15, -0.1) is 0 Å². The summed E-state index contributed by atoms with van der Waals surface area (Å²) in [6.45, 7) is 6.55. The highest BCUT2D eigenvalue weighted by atomic mass is 16.5. The van der Waals surface area contributed by atoms with Gasteiger partial charge in [0.1, 0.15) is 11.3 Å². The maximum atomic E-state index is 11.9. The number of allylic oxidation sites excluding steroid dienone is 1. The van der Waals surface area contributed by atoms with Gasteiger partial charge >= 0.3 is 5.97 Å². The maximum absolute atomic E-state index is 11.9. The van der Waals surface area contributed by atoms with Crippen molar-refractivity contribution in [2.24, 2.45) is 17.3 Å². The smallest absolute Gasteiger partial charge is 0.341 e. The number of hydrogen-bond acceptors (Lipinski definition) is 6. The van der Waals surface area contributed by atoms with Crippen molar-refractivity contribution in [3.63, 3.8) is 0 Å². The molecule has 6 nitrogen and oxygen atoms in total. The fourth-order valence-corrected chi connectivity index (χ4v) is 4.53. The quantitative estimate of drug-likeness (QED) is 0.462. The number of benzene rings is 1. The molecule has 2 N–H and O–H groups in total. The first-order valence-corrected chi connectivity index (χ1v) is 10.3. The van der Waals surface area contributed by atoms with Gasteiger partial charge in [0.05, 0.1) is 33.5 Å². The van der Waals surface area contributed by atoms with Crippen LogP contribution in [0.2, 0.25) is 0 Å². The second kappa shape index (κ2) is 9.28. The highest BCUT2D eigenvalue weighted by Gasteiger charge is 2.50. The molecule has 160 valence electrons. The molecule has 3 aliphatic rings. The molecule has 0 saturated heterocycles. The Balaban J connectivity index is 1.40. The van der Waals surface area contributed by atoms with Crippen LogP contribution in [0.15, 0.2) is 29.8 Å². The van der Waals surface area contributed by atoms with Crippen LogP contribution in [0.5, 0.6) is 5.75 Å². The van der Waals surface area contributed by atoms with Crippen LogP contribution in [0.4, 0.5) is 0 Å². The summed E-state index contributed by atoms with van der Waals surface area (Å²) >= 11 is 0. The van der Waals surface area contributed by atoms with Crippen molar-refractivity contribution in [3.8, 4) is 5.75 Å². The molecule has 2 bridgehead atoms. The Morgan fingerprint density at radius 1 is 1.34 bits per heavy atom. The van der Waals surface area contributed by atoms with Crippen molar-refractivity contribution in [1.29, 1.82) is 0 Å². The summed E-state index contributed by atoms with van der Waals surface area (Å²) in [4.78, 5) is 11.9. The van der Waals surface area contributed by atoms with E-state index in [0.29, 0.717) is 48.9 Å². The highest BCUT2D eigenvalue weighted by molar-refractivity contribution is 5.92. The van der Waals surface area contributed by atoms with E-state index >= 15 is 0 Å². The SMILES string of the molecule is COC(=O)c1cc(CNC[C@H](O)COCC2=CC[C@H]3C[C@@H]2C3(C)C)ccc1OC. The number of methoxy groups -OCH3 is 2. The van der Waals surface area contributed by atoms with E-state index in [1.54, 1.807) is 12.1 Å². The van der Waals surface area contributed by atoms with E-state index in [2.05, 4.69) is 25.2 Å². The highest BCUT2D eigenvalue weighted by Crippen LogP contribution is 2.59. The zero-order valence-electron chi connectivity index (χ0n) is 17.9. The fourth-order valence-electron chi connectivity index (χ4n) is 4.53. The van der Waals surface area contributed by atoms with E-state index < -0.39 is 12.1 Å². The molecule has 1 saturated carbocycles. The first-order chi connectivity index (χ1) is 13.9. The summed E-state index contributed by atoms with van der Waals surface area (Å²) in [5.74, 6) is 1.50. The van der Waals surface area contributed by atoms with Crippen molar-refractivity contribution in [3.05, 3.63) is 41.0 Å². The molecule has 0 heterocycles. The van der Waals surface area contributed by atoms with Crippen LogP contribution in [-0.4, -0.2) is 51.2 Å². The van der Waals surface area contributed by atoms with Crippen LogP contribution in [0.25, 0.3) is 0 Å². The molecule has 0 spiro atoms. The zero-order valence-corrected chi connectivity index (χ0v) is 17.9. The average Bonchev–Trinajstić information content (AvgIpc) is 2.73. The molecule has 0 amide bonds. The Kier molecular flexibility index (Phi) is 6.98. The lowest BCUT2D eigenvalue weighted by Gasteiger charge is -2.56. The minimum Gasteiger partial charge on any atom is -0.496 e. The van der Waals surface area contributed by atoms with Crippen molar-refractivity contribution < 1.29 is 24.1 Å². The Labute approximate surface area is 173 Å². The number of hydrogen-bond donors (Lipinski definition) is 2. The molecule has 0 aliphatic heterocycles. The third-order valence-corrected chi connectivity index (χ3v) is 6.54. The van der Waals surface area contributed by atoms with Gasteiger partial charge in [0.15, 0.2) is 0 Å². The molecule has 3 aliphatic carbocycles. The normalized spacial score (nSPS) is 23.0.